The van der Waals surface area contributed by atoms with Gasteiger partial charge in [0.15, 0.2) is 0 Å². The summed E-state index contributed by atoms with van der Waals surface area (Å²) in [4.78, 5) is 12.4. The van der Waals surface area contributed by atoms with Gasteiger partial charge in [0.2, 0.25) is 0 Å². The van der Waals surface area contributed by atoms with Crippen molar-refractivity contribution in [3.63, 3.8) is 0 Å². The molecule has 104 valence electrons. The molecule has 0 aromatic rings. The van der Waals surface area contributed by atoms with Crippen LogP contribution in [-0.4, -0.2) is 18.1 Å². The summed E-state index contributed by atoms with van der Waals surface area (Å²) in [6.07, 6.45) is 6.27. The van der Waals surface area contributed by atoms with E-state index in [0.717, 1.165) is 32.1 Å². The van der Waals surface area contributed by atoms with Crippen LogP contribution in [0.5, 0.6) is 0 Å². The third-order valence-corrected chi connectivity index (χ3v) is 4.90. The number of carbonyl (C=O) groups is 1. The molecule has 0 heterocycles. The molecule has 4 atom stereocenters. The van der Waals surface area contributed by atoms with Crippen LogP contribution >= 0.6 is 0 Å². The molecule has 0 spiro atoms. The highest BCUT2D eigenvalue weighted by atomic mass is 16.5. The molecule has 2 aliphatic carbocycles. The highest BCUT2D eigenvalue weighted by molar-refractivity contribution is 5.78. The largest absolute Gasteiger partial charge is 0.462 e. The lowest BCUT2D eigenvalue weighted by atomic mass is 9.81. The summed E-state index contributed by atoms with van der Waals surface area (Å²) in [5.74, 6) is 1.27. The number of hydrogen-bond acceptors (Lipinski definition) is 3. The monoisotopic (exact) mass is 253 g/mol. The molecule has 2 saturated carbocycles. The van der Waals surface area contributed by atoms with Crippen molar-refractivity contribution in [1.29, 1.82) is 0 Å². The van der Waals surface area contributed by atoms with Gasteiger partial charge in [0.05, 0.1) is 5.41 Å². The minimum atomic E-state index is -0.441. The first-order valence-corrected chi connectivity index (χ1v) is 7.38. The molecular weight excluding hydrogens is 226 g/mol. The SMILES string of the molecule is CC1CC(C)CC(OC(=O)C2(C)CCCC2N)C1. The van der Waals surface area contributed by atoms with Crippen molar-refractivity contribution in [2.45, 2.75) is 71.4 Å². The van der Waals surface area contributed by atoms with Gasteiger partial charge in [0.1, 0.15) is 6.10 Å². The fourth-order valence-electron chi connectivity index (χ4n) is 3.70. The fourth-order valence-corrected chi connectivity index (χ4v) is 3.70. The van der Waals surface area contributed by atoms with E-state index in [4.69, 9.17) is 10.5 Å². The summed E-state index contributed by atoms with van der Waals surface area (Å²) in [5.41, 5.74) is 5.63. The van der Waals surface area contributed by atoms with Crippen LogP contribution in [0.25, 0.3) is 0 Å². The fraction of sp³-hybridized carbons (Fsp3) is 0.933. The zero-order valence-corrected chi connectivity index (χ0v) is 11.9. The smallest absolute Gasteiger partial charge is 0.313 e. The van der Waals surface area contributed by atoms with E-state index in [1.54, 1.807) is 0 Å². The van der Waals surface area contributed by atoms with Gasteiger partial charge in [-0.05, 0) is 50.9 Å². The minimum absolute atomic E-state index is 0.0246. The van der Waals surface area contributed by atoms with Crippen molar-refractivity contribution in [2.75, 3.05) is 0 Å². The third-order valence-electron chi connectivity index (χ3n) is 4.90. The quantitative estimate of drug-likeness (QED) is 0.770. The first-order chi connectivity index (χ1) is 8.41. The molecule has 2 rings (SSSR count). The Labute approximate surface area is 110 Å². The Balaban J connectivity index is 1.94. The van der Waals surface area contributed by atoms with E-state index in [0.29, 0.717) is 11.8 Å². The number of hydrogen-bond donors (Lipinski definition) is 1. The van der Waals surface area contributed by atoms with Crippen molar-refractivity contribution >= 4 is 5.97 Å². The van der Waals surface area contributed by atoms with E-state index < -0.39 is 5.41 Å². The average molecular weight is 253 g/mol. The van der Waals surface area contributed by atoms with Crippen molar-refractivity contribution in [3.05, 3.63) is 0 Å². The Morgan fingerprint density at radius 3 is 2.33 bits per heavy atom. The van der Waals surface area contributed by atoms with Crippen LogP contribution in [-0.2, 0) is 9.53 Å². The molecule has 3 nitrogen and oxygen atoms in total. The van der Waals surface area contributed by atoms with Crippen molar-refractivity contribution in [1.82, 2.24) is 0 Å². The van der Waals surface area contributed by atoms with Crippen LogP contribution in [0.15, 0.2) is 0 Å². The maximum Gasteiger partial charge on any atom is 0.313 e. The second-order valence-corrected chi connectivity index (χ2v) is 6.86. The average Bonchev–Trinajstić information content (AvgIpc) is 2.59. The maximum atomic E-state index is 12.4. The van der Waals surface area contributed by atoms with Crippen LogP contribution < -0.4 is 5.73 Å². The zero-order chi connectivity index (χ0) is 13.3. The molecule has 2 fully saturated rings. The van der Waals surface area contributed by atoms with Gasteiger partial charge in [-0.2, -0.15) is 0 Å². The zero-order valence-electron chi connectivity index (χ0n) is 11.9. The number of ether oxygens (including phenoxy) is 1. The van der Waals surface area contributed by atoms with Gasteiger partial charge in [-0.3, -0.25) is 4.79 Å². The van der Waals surface area contributed by atoms with Gasteiger partial charge < -0.3 is 10.5 Å². The van der Waals surface area contributed by atoms with Crippen molar-refractivity contribution in [3.8, 4) is 0 Å². The summed E-state index contributed by atoms with van der Waals surface area (Å²) in [6.45, 7) is 6.47. The van der Waals surface area contributed by atoms with E-state index in [1.807, 2.05) is 6.92 Å². The third kappa shape index (κ3) is 2.71. The second-order valence-electron chi connectivity index (χ2n) is 6.86. The van der Waals surface area contributed by atoms with Crippen LogP contribution in [0.1, 0.15) is 59.3 Å². The number of esters is 1. The number of nitrogens with two attached hydrogens (primary N) is 1. The summed E-state index contributed by atoms with van der Waals surface area (Å²) < 4.78 is 5.77. The molecule has 0 radical (unpaired) electrons. The Hall–Kier alpha value is -0.570. The van der Waals surface area contributed by atoms with E-state index >= 15 is 0 Å². The van der Waals surface area contributed by atoms with Gasteiger partial charge in [0.25, 0.3) is 0 Å². The molecule has 0 bridgehead atoms. The lowest BCUT2D eigenvalue weighted by Crippen LogP contribution is -2.44. The molecule has 3 heteroatoms. The molecule has 0 aromatic carbocycles. The molecule has 4 unspecified atom stereocenters. The van der Waals surface area contributed by atoms with Crippen LogP contribution in [0, 0.1) is 17.3 Å². The molecule has 0 aliphatic heterocycles. The van der Waals surface area contributed by atoms with Gasteiger partial charge in [0, 0.05) is 6.04 Å². The highest BCUT2D eigenvalue weighted by Crippen LogP contribution is 2.39. The normalized spacial score (nSPS) is 44.9. The minimum Gasteiger partial charge on any atom is -0.462 e. The molecule has 2 aliphatic rings. The Kier molecular flexibility index (Phi) is 4.00. The van der Waals surface area contributed by atoms with E-state index in [2.05, 4.69) is 13.8 Å². The first kappa shape index (κ1) is 13.9. The topological polar surface area (TPSA) is 52.3 Å². The van der Waals surface area contributed by atoms with E-state index in [-0.39, 0.29) is 18.1 Å². The second kappa shape index (κ2) is 5.20. The molecule has 0 saturated heterocycles. The first-order valence-electron chi connectivity index (χ1n) is 7.38. The van der Waals surface area contributed by atoms with E-state index in [9.17, 15) is 4.79 Å². The molecular formula is C15H27NO2. The summed E-state index contributed by atoms with van der Waals surface area (Å²) in [7, 11) is 0. The Morgan fingerprint density at radius 2 is 1.83 bits per heavy atom. The summed E-state index contributed by atoms with van der Waals surface area (Å²) in [6, 6.07) is -0.0246. The van der Waals surface area contributed by atoms with Gasteiger partial charge in [-0.15, -0.1) is 0 Å². The van der Waals surface area contributed by atoms with Crippen LogP contribution in [0.3, 0.4) is 0 Å². The lowest BCUT2D eigenvalue weighted by molar-refractivity contribution is -0.164. The van der Waals surface area contributed by atoms with Crippen molar-refractivity contribution < 1.29 is 9.53 Å². The molecule has 0 amide bonds. The lowest BCUT2D eigenvalue weighted by Gasteiger charge is -2.34. The summed E-state index contributed by atoms with van der Waals surface area (Å²) in [5, 5.41) is 0. The molecule has 0 aromatic heterocycles. The van der Waals surface area contributed by atoms with E-state index in [1.165, 1.54) is 6.42 Å². The van der Waals surface area contributed by atoms with Gasteiger partial charge in [-0.25, -0.2) is 0 Å². The maximum absolute atomic E-state index is 12.4. The predicted octanol–water partition coefficient (Wildman–Crippen LogP) is 2.87. The standard InChI is InChI=1S/C15H27NO2/c1-10-7-11(2)9-12(8-10)18-14(17)15(3)6-4-5-13(15)16/h10-13H,4-9,16H2,1-3H3. The number of rotatable bonds is 2. The summed E-state index contributed by atoms with van der Waals surface area (Å²) >= 11 is 0. The Morgan fingerprint density at radius 1 is 1.22 bits per heavy atom. The molecule has 18 heavy (non-hydrogen) atoms. The van der Waals surface area contributed by atoms with Crippen LogP contribution in [0.2, 0.25) is 0 Å². The molecule has 2 N–H and O–H groups in total. The predicted molar refractivity (Wildman–Crippen MR) is 72.0 cm³/mol. The number of carbonyl (C=O) groups excluding carboxylic acids is 1. The van der Waals surface area contributed by atoms with Crippen LogP contribution in [0.4, 0.5) is 0 Å². The van der Waals surface area contributed by atoms with Gasteiger partial charge in [-0.1, -0.05) is 20.3 Å². The van der Waals surface area contributed by atoms with Crippen molar-refractivity contribution in [2.24, 2.45) is 23.0 Å². The van der Waals surface area contributed by atoms with Gasteiger partial charge >= 0.3 is 5.97 Å². The highest BCUT2D eigenvalue weighted by Gasteiger charge is 2.45. The Bertz CT molecular complexity index is 308.